The van der Waals surface area contributed by atoms with E-state index in [9.17, 15) is 4.79 Å². The van der Waals surface area contributed by atoms with Gasteiger partial charge in [0.1, 0.15) is 5.76 Å². The number of likely N-dealkylation sites (N-methyl/N-ethyl adjacent to an activating group) is 1. The molecule has 3 heteroatoms. The zero-order chi connectivity index (χ0) is 9.68. The van der Waals surface area contributed by atoms with Crippen LogP contribution in [0.5, 0.6) is 0 Å². The van der Waals surface area contributed by atoms with Crippen molar-refractivity contribution in [1.82, 2.24) is 5.32 Å². The fraction of sp³-hybridized carbons (Fsp3) is 0.500. The average molecular weight is 181 g/mol. The average Bonchev–Trinajstić information content (AvgIpc) is 2.18. The first kappa shape index (κ1) is 9.84. The van der Waals surface area contributed by atoms with Crippen molar-refractivity contribution in [1.29, 1.82) is 0 Å². The van der Waals surface area contributed by atoms with Crippen LogP contribution in [-0.2, 0) is 9.53 Å². The maximum Gasteiger partial charge on any atom is 0.254 e. The second-order valence-electron chi connectivity index (χ2n) is 2.79. The SMILES string of the molecule is CCOC1=C(C(=O)NC)C=CCC1. The summed E-state index contributed by atoms with van der Waals surface area (Å²) in [5.41, 5.74) is 0.663. The van der Waals surface area contributed by atoms with Gasteiger partial charge in [-0.25, -0.2) is 0 Å². The van der Waals surface area contributed by atoms with Crippen molar-refractivity contribution in [3.8, 4) is 0 Å². The lowest BCUT2D eigenvalue weighted by Gasteiger charge is -2.14. The van der Waals surface area contributed by atoms with Gasteiger partial charge in [0, 0.05) is 13.5 Å². The number of nitrogens with one attached hydrogen (secondary N) is 1. The lowest BCUT2D eigenvalue weighted by molar-refractivity contribution is -0.117. The number of hydrogen-bond acceptors (Lipinski definition) is 2. The van der Waals surface area contributed by atoms with Crippen LogP contribution in [0.1, 0.15) is 19.8 Å². The Morgan fingerprint density at radius 2 is 2.46 bits per heavy atom. The molecule has 1 amide bonds. The van der Waals surface area contributed by atoms with E-state index in [0.717, 1.165) is 18.6 Å². The van der Waals surface area contributed by atoms with Crippen LogP contribution in [0.4, 0.5) is 0 Å². The van der Waals surface area contributed by atoms with E-state index in [1.807, 2.05) is 19.1 Å². The van der Waals surface area contributed by atoms with Crippen molar-refractivity contribution in [2.75, 3.05) is 13.7 Å². The Balaban J connectivity index is 2.83. The summed E-state index contributed by atoms with van der Waals surface area (Å²) in [6.45, 7) is 2.54. The summed E-state index contributed by atoms with van der Waals surface area (Å²) in [5.74, 6) is 0.740. The van der Waals surface area contributed by atoms with Gasteiger partial charge in [0.25, 0.3) is 5.91 Å². The molecule has 0 radical (unpaired) electrons. The lowest BCUT2D eigenvalue weighted by Crippen LogP contribution is -2.22. The highest BCUT2D eigenvalue weighted by Crippen LogP contribution is 2.19. The molecule has 0 aliphatic heterocycles. The van der Waals surface area contributed by atoms with E-state index in [1.165, 1.54) is 0 Å². The summed E-state index contributed by atoms with van der Waals surface area (Å²) in [7, 11) is 1.63. The molecule has 13 heavy (non-hydrogen) atoms. The lowest BCUT2D eigenvalue weighted by atomic mass is 10.0. The molecule has 0 saturated heterocycles. The molecular formula is C10H15NO2. The monoisotopic (exact) mass is 181 g/mol. The Labute approximate surface area is 78.5 Å². The molecule has 0 saturated carbocycles. The predicted octanol–water partition coefficient (Wildman–Crippen LogP) is 1.37. The van der Waals surface area contributed by atoms with E-state index < -0.39 is 0 Å². The van der Waals surface area contributed by atoms with Crippen molar-refractivity contribution in [2.24, 2.45) is 0 Å². The van der Waals surface area contributed by atoms with Gasteiger partial charge in [0.2, 0.25) is 0 Å². The van der Waals surface area contributed by atoms with Gasteiger partial charge in [-0.15, -0.1) is 0 Å². The first-order chi connectivity index (χ1) is 6.29. The molecule has 1 aliphatic carbocycles. The van der Waals surface area contributed by atoms with Crippen LogP contribution in [0, 0.1) is 0 Å². The normalized spacial score (nSPS) is 15.8. The van der Waals surface area contributed by atoms with Crippen LogP contribution in [0.25, 0.3) is 0 Å². The Morgan fingerprint density at radius 1 is 1.69 bits per heavy atom. The van der Waals surface area contributed by atoms with Gasteiger partial charge >= 0.3 is 0 Å². The van der Waals surface area contributed by atoms with E-state index in [1.54, 1.807) is 7.05 Å². The second-order valence-corrected chi connectivity index (χ2v) is 2.79. The minimum Gasteiger partial charge on any atom is -0.497 e. The molecule has 0 atom stereocenters. The predicted molar refractivity (Wildman–Crippen MR) is 51.1 cm³/mol. The van der Waals surface area contributed by atoms with Crippen LogP contribution in [0.15, 0.2) is 23.5 Å². The molecule has 3 nitrogen and oxygen atoms in total. The number of carbonyl (C=O) groups is 1. The summed E-state index contributed by atoms with van der Waals surface area (Å²) in [6, 6.07) is 0. The summed E-state index contributed by atoms with van der Waals surface area (Å²) in [4.78, 5) is 11.4. The topological polar surface area (TPSA) is 38.3 Å². The first-order valence-corrected chi connectivity index (χ1v) is 4.54. The number of carbonyl (C=O) groups excluding carboxylic acids is 1. The highest BCUT2D eigenvalue weighted by molar-refractivity contribution is 5.96. The van der Waals surface area contributed by atoms with Gasteiger partial charge < -0.3 is 10.1 Å². The fourth-order valence-corrected chi connectivity index (χ4v) is 1.30. The molecule has 1 aliphatic rings. The quantitative estimate of drug-likeness (QED) is 0.714. The molecule has 1 rings (SSSR count). The van der Waals surface area contributed by atoms with E-state index in [-0.39, 0.29) is 5.91 Å². The van der Waals surface area contributed by atoms with Crippen LogP contribution in [-0.4, -0.2) is 19.6 Å². The molecule has 0 aromatic rings. The molecule has 0 aromatic carbocycles. The smallest absolute Gasteiger partial charge is 0.254 e. The van der Waals surface area contributed by atoms with Crippen LogP contribution >= 0.6 is 0 Å². The van der Waals surface area contributed by atoms with Crippen LogP contribution in [0.2, 0.25) is 0 Å². The minimum atomic E-state index is -0.0700. The third kappa shape index (κ3) is 2.34. The zero-order valence-electron chi connectivity index (χ0n) is 8.09. The largest absolute Gasteiger partial charge is 0.497 e. The molecule has 0 unspecified atom stereocenters. The Kier molecular flexibility index (Phi) is 3.55. The maximum absolute atomic E-state index is 11.4. The van der Waals surface area contributed by atoms with Crippen molar-refractivity contribution >= 4 is 5.91 Å². The molecule has 0 heterocycles. The molecule has 0 spiro atoms. The van der Waals surface area contributed by atoms with E-state index in [2.05, 4.69) is 5.32 Å². The first-order valence-electron chi connectivity index (χ1n) is 4.54. The minimum absolute atomic E-state index is 0.0700. The van der Waals surface area contributed by atoms with Gasteiger partial charge in [0.05, 0.1) is 12.2 Å². The summed E-state index contributed by atoms with van der Waals surface area (Å²) >= 11 is 0. The standard InChI is InChI=1S/C10H15NO2/c1-3-13-9-7-5-4-6-8(9)10(12)11-2/h4,6H,3,5,7H2,1-2H3,(H,11,12). The van der Waals surface area contributed by atoms with Gasteiger partial charge in [0.15, 0.2) is 0 Å². The van der Waals surface area contributed by atoms with Crippen molar-refractivity contribution in [2.45, 2.75) is 19.8 Å². The van der Waals surface area contributed by atoms with E-state index >= 15 is 0 Å². The van der Waals surface area contributed by atoms with E-state index in [0.29, 0.717) is 12.2 Å². The maximum atomic E-state index is 11.4. The molecule has 1 N–H and O–H groups in total. The van der Waals surface area contributed by atoms with Gasteiger partial charge in [-0.2, -0.15) is 0 Å². The molecule has 0 aromatic heterocycles. The highest BCUT2D eigenvalue weighted by atomic mass is 16.5. The Hall–Kier alpha value is -1.25. The number of rotatable bonds is 3. The third-order valence-electron chi connectivity index (χ3n) is 1.91. The van der Waals surface area contributed by atoms with Crippen LogP contribution < -0.4 is 5.32 Å². The Bertz CT molecular complexity index is 254. The molecule has 0 bridgehead atoms. The third-order valence-corrected chi connectivity index (χ3v) is 1.91. The van der Waals surface area contributed by atoms with Gasteiger partial charge in [-0.05, 0) is 13.3 Å². The summed E-state index contributed by atoms with van der Waals surface area (Å²) < 4.78 is 5.39. The Morgan fingerprint density at radius 3 is 3.08 bits per heavy atom. The number of hydrogen-bond donors (Lipinski definition) is 1. The number of allylic oxidation sites excluding steroid dienone is 2. The second kappa shape index (κ2) is 4.70. The summed E-state index contributed by atoms with van der Waals surface area (Å²) in [5, 5.41) is 2.60. The number of ether oxygens (including phenoxy) is 1. The molecular weight excluding hydrogens is 166 g/mol. The van der Waals surface area contributed by atoms with Gasteiger partial charge in [-0.1, -0.05) is 12.2 Å². The molecule has 72 valence electrons. The van der Waals surface area contributed by atoms with Crippen LogP contribution in [0.3, 0.4) is 0 Å². The number of amides is 1. The fourth-order valence-electron chi connectivity index (χ4n) is 1.30. The van der Waals surface area contributed by atoms with E-state index in [4.69, 9.17) is 4.74 Å². The summed E-state index contributed by atoms with van der Waals surface area (Å²) in [6.07, 6.45) is 5.60. The zero-order valence-corrected chi connectivity index (χ0v) is 8.09. The van der Waals surface area contributed by atoms with Crippen molar-refractivity contribution in [3.05, 3.63) is 23.5 Å². The molecule has 0 fully saturated rings. The van der Waals surface area contributed by atoms with Gasteiger partial charge in [-0.3, -0.25) is 4.79 Å². The van der Waals surface area contributed by atoms with Crippen molar-refractivity contribution in [3.63, 3.8) is 0 Å². The van der Waals surface area contributed by atoms with Crippen molar-refractivity contribution < 1.29 is 9.53 Å². The highest BCUT2D eigenvalue weighted by Gasteiger charge is 2.14.